The van der Waals surface area contributed by atoms with E-state index in [0.29, 0.717) is 57.2 Å². The van der Waals surface area contributed by atoms with Crippen LogP contribution in [0.3, 0.4) is 0 Å². The first-order valence-corrected chi connectivity index (χ1v) is 17.2. The highest BCUT2D eigenvalue weighted by molar-refractivity contribution is 7.88. The van der Waals surface area contributed by atoms with E-state index in [0.717, 1.165) is 18.4 Å². The number of aromatic nitrogens is 2. The molecular formula is C35H33Cl2N3O5S. The van der Waals surface area contributed by atoms with Crippen LogP contribution in [0.15, 0.2) is 103 Å². The van der Waals surface area contributed by atoms with Crippen LogP contribution in [0.1, 0.15) is 53.1 Å². The fourth-order valence-electron chi connectivity index (χ4n) is 5.01. The molecule has 0 aliphatic carbocycles. The van der Waals surface area contributed by atoms with Gasteiger partial charge in [0.1, 0.15) is 17.3 Å². The second kappa shape index (κ2) is 15.0. The van der Waals surface area contributed by atoms with Crippen molar-refractivity contribution in [1.82, 2.24) is 14.3 Å². The van der Waals surface area contributed by atoms with Gasteiger partial charge >= 0.3 is 5.97 Å². The Balaban J connectivity index is 1.46. The Labute approximate surface area is 278 Å². The number of carboxylic acid groups (broad SMARTS) is 1. The van der Waals surface area contributed by atoms with Crippen LogP contribution in [-0.2, 0) is 28.7 Å². The third-order valence-corrected chi connectivity index (χ3v) is 9.21. The van der Waals surface area contributed by atoms with Gasteiger partial charge in [0.2, 0.25) is 10.0 Å². The lowest BCUT2D eigenvalue weighted by atomic mass is 10.1. The van der Waals surface area contributed by atoms with Crippen molar-refractivity contribution < 1.29 is 23.1 Å². The highest BCUT2D eigenvalue weighted by Crippen LogP contribution is 2.32. The topological polar surface area (TPSA) is 111 Å². The summed E-state index contributed by atoms with van der Waals surface area (Å²) in [6.07, 6.45) is 4.05. The standard InChI is InChI=1S/C35H33Cl2N3O5S/c1-2-3-19-40-22-33(30-18-13-27(36)21-31(30)37)38-34(40)32(39-46(43,44)23-25-7-5-4-6-8-25)20-24-9-14-28(15-10-24)45-29-16-11-26(12-17-29)35(41)42/h4-18,21-22,32,39H,2-3,19-20,23H2,1H3,(H,41,42)/t32-/m0/s1. The quantitative estimate of drug-likeness (QED) is 0.122. The summed E-state index contributed by atoms with van der Waals surface area (Å²) in [5.41, 5.74) is 3.03. The third-order valence-electron chi connectivity index (χ3n) is 7.30. The van der Waals surface area contributed by atoms with Crippen LogP contribution in [-0.4, -0.2) is 29.0 Å². The average Bonchev–Trinajstić information content (AvgIpc) is 3.45. The van der Waals surface area contributed by atoms with Gasteiger partial charge in [-0.15, -0.1) is 0 Å². The number of imidazole rings is 1. The summed E-state index contributed by atoms with van der Waals surface area (Å²) in [5, 5.41) is 10.1. The first-order valence-electron chi connectivity index (χ1n) is 14.8. The van der Waals surface area contributed by atoms with Crippen molar-refractivity contribution >= 4 is 39.2 Å². The maximum atomic E-state index is 13.6. The number of unbranched alkanes of at least 4 members (excludes halogenated alkanes) is 1. The SMILES string of the molecule is CCCCn1cc(-c2ccc(Cl)cc2Cl)nc1[C@H](Cc1ccc(Oc2ccc(C(=O)O)cc2)cc1)NS(=O)(=O)Cc1ccccc1. The predicted molar refractivity (Wildman–Crippen MR) is 181 cm³/mol. The van der Waals surface area contributed by atoms with Gasteiger partial charge in [-0.25, -0.2) is 22.9 Å². The Morgan fingerprint density at radius 1 is 0.935 bits per heavy atom. The fraction of sp³-hybridized carbons (Fsp3) is 0.200. The third kappa shape index (κ3) is 8.76. The van der Waals surface area contributed by atoms with E-state index in [2.05, 4.69) is 11.6 Å². The second-order valence-corrected chi connectivity index (χ2v) is 13.4. The van der Waals surface area contributed by atoms with Gasteiger partial charge in [-0.2, -0.15) is 0 Å². The van der Waals surface area contributed by atoms with Gasteiger partial charge in [0.25, 0.3) is 0 Å². The van der Waals surface area contributed by atoms with E-state index in [4.69, 9.17) is 38.0 Å². The lowest BCUT2D eigenvalue weighted by Gasteiger charge is -2.20. The Kier molecular flexibility index (Phi) is 10.8. The van der Waals surface area contributed by atoms with Gasteiger partial charge in [-0.1, -0.05) is 79.0 Å². The zero-order valence-corrected chi connectivity index (χ0v) is 27.4. The van der Waals surface area contributed by atoms with E-state index >= 15 is 0 Å². The van der Waals surface area contributed by atoms with Crippen LogP contribution in [0, 0.1) is 0 Å². The zero-order chi connectivity index (χ0) is 32.7. The van der Waals surface area contributed by atoms with Crippen molar-refractivity contribution in [2.45, 2.75) is 44.5 Å². The Bertz CT molecular complexity index is 1900. The minimum atomic E-state index is -3.78. The zero-order valence-electron chi connectivity index (χ0n) is 25.1. The molecule has 0 saturated carbocycles. The molecule has 0 aliphatic rings. The van der Waals surface area contributed by atoms with Crippen LogP contribution >= 0.6 is 23.2 Å². The molecule has 2 N–H and O–H groups in total. The summed E-state index contributed by atoms with van der Waals surface area (Å²) in [7, 11) is -3.78. The lowest BCUT2D eigenvalue weighted by molar-refractivity contribution is 0.0697. The first kappa shape index (κ1) is 33.2. The van der Waals surface area contributed by atoms with E-state index in [9.17, 15) is 13.2 Å². The fourth-order valence-corrected chi connectivity index (χ4v) is 6.85. The molecule has 0 radical (unpaired) electrons. The van der Waals surface area contributed by atoms with E-state index in [1.165, 1.54) is 12.1 Å². The van der Waals surface area contributed by atoms with Crippen LogP contribution in [0.4, 0.5) is 0 Å². The summed E-state index contributed by atoms with van der Waals surface area (Å²) in [5.74, 6) is 0.435. The number of halogens is 2. The van der Waals surface area contributed by atoms with Crippen molar-refractivity contribution in [3.63, 3.8) is 0 Å². The number of aryl methyl sites for hydroxylation is 1. The Hall–Kier alpha value is -4.15. The minimum absolute atomic E-state index is 0.169. The number of carboxylic acids is 1. The number of hydrogen-bond acceptors (Lipinski definition) is 5. The van der Waals surface area contributed by atoms with Crippen LogP contribution in [0.5, 0.6) is 11.5 Å². The number of rotatable bonds is 14. The molecule has 5 rings (SSSR count). The highest BCUT2D eigenvalue weighted by atomic mass is 35.5. The molecule has 238 valence electrons. The molecule has 0 spiro atoms. The van der Waals surface area contributed by atoms with Crippen LogP contribution < -0.4 is 9.46 Å². The minimum Gasteiger partial charge on any atom is -0.478 e. The van der Waals surface area contributed by atoms with Crippen molar-refractivity contribution in [3.05, 3.63) is 136 Å². The lowest BCUT2D eigenvalue weighted by Crippen LogP contribution is -2.33. The number of hydrogen-bond donors (Lipinski definition) is 2. The molecule has 0 fully saturated rings. The summed E-state index contributed by atoms with van der Waals surface area (Å²) in [4.78, 5) is 16.1. The van der Waals surface area contributed by atoms with Crippen molar-refractivity contribution in [1.29, 1.82) is 0 Å². The number of carbonyl (C=O) groups is 1. The van der Waals surface area contributed by atoms with Gasteiger partial charge in [0.15, 0.2) is 0 Å². The summed E-state index contributed by atoms with van der Waals surface area (Å²) in [6, 6.07) is 27.0. The molecule has 0 bridgehead atoms. The van der Waals surface area contributed by atoms with E-state index < -0.39 is 22.0 Å². The molecule has 1 heterocycles. The van der Waals surface area contributed by atoms with Crippen molar-refractivity contribution in [3.8, 4) is 22.8 Å². The molecule has 1 aromatic heterocycles. The number of nitrogens with zero attached hydrogens (tertiary/aromatic N) is 2. The summed E-state index contributed by atoms with van der Waals surface area (Å²) >= 11 is 12.7. The monoisotopic (exact) mass is 677 g/mol. The van der Waals surface area contributed by atoms with Crippen LogP contribution in [0.2, 0.25) is 10.0 Å². The molecule has 4 aromatic carbocycles. The second-order valence-electron chi connectivity index (χ2n) is 10.9. The van der Waals surface area contributed by atoms with Crippen LogP contribution in [0.25, 0.3) is 11.3 Å². The molecule has 0 aliphatic heterocycles. The van der Waals surface area contributed by atoms with Crippen molar-refractivity contribution in [2.75, 3.05) is 0 Å². The average molecular weight is 679 g/mol. The largest absolute Gasteiger partial charge is 0.478 e. The van der Waals surface area contributed by atoms with E-state index in [-0.39, 0.29) is 11.3 Å². The van der Waals surface area contributed by atoms with Crippen molar-refractivity contribution in [2.24, 2.45) is 0 Å². The summed E-state index contributed by atoms with van der Waals surface area (Å²) < 4.78 is 37.9. The molecule has 0 unspecified atom stereocenters. The van der Waals surface area contributed by atoms with E-state index in [1.807, 2.05) is 47.2 Å². The first-order chi connectivity index (χ1) is 22.1. The molecule has 46 heavy (non-hydrogen) atoms. The maximum Gasteiger partial charge on any atom is 0.335 e. The number of sulfonamides is 1. The molecule has 5 aromatic rings. The van der Waals surface area contributed by atoms with Gasteiger partial charge in [0, 0.05) is 23.3 Å². The Morgan fingerprint density at radius 3 is 2.24 bits per heavy atom. The molecule has 8 nitrogen and oxygen atoms in total. The molecule has 0 saturated heterocycles. The van der Waals surface area contributed by atoms with Gasteiger partial charge in [0.05, 0.1) is 28.1 Å². The summed E-state index contributed by atoms with van der Waals surface area (Å²) in [6.45, 7) is 2.74. The highest BCUT2D eigenvalue weighted by Gasteiger charge is 2.26. The Morgan fingerprint density at radius 2 is 1.61 bits per heavy atom. The predicted octanol–water partition coefficient (Wildman–Crippen LogP) is 8.55. The molecule has 0 amide bonds. The molecule has 11 heteroatoms. The molecular weight excluding hydrogens is 645 g/mol. The normalized spacial score (nSPS) is 12.2. The van der Waals surface area contributed by atoms with Gasteiger partial charge in [-0.05, 0) is 78.6 Å². The molecule has 1 atom stereocenters. The number of ether oxygens (including phenoxy) is 1. The van der Waals surface area contributed by atoms with Gasteiger partial charge < -0.3 is 14.4 Å². The van der Waals surface area contributed by atoms with Gasteiger partial charge in [-0.3, -0.25) is 0 Å². The maximum absolute atomic E-state index is 13.6. The number of nitrogens with one attached hydrogen (secondary N) is 1. The number of benzene rings is 4. The van der Waals surface area contributed by atoms with E-state index in [1.54, 1.807) is 48.5 Å². The number of aromatic carboxylic acids is 1. The smallest absolute Gasteiger partial charge is 0.335 e.